The average Bonchev–Trinajstić information content (AvgIpc) is 3.57. The van der Waals surface area contributed by atoms with Crippen LogP contribution in [0, 0.1) is 17.3 Å². The van der Waals surface area contributed by atoms with E-state index < -0.39 is 16.6 Å². The Hall–Kier alpha value is -3.88. The van der Waals surface area contributed by atoms with E-state index in [9.17, 15) is 4.79 Å². The minimum absolute atomic E-state index is 0.0435. The van der Waals surface area contributed by atoms with E-state index in [1.165, 1.54) is 31.9 Å². The maximum absolute atomic E-state index is 12.8. The van der Waals surface area contributed by atoms with Gasteiger partial charge in [-0.1, -0.05) is 194 Å². The Morgan fingerprint density at radius 1 is 0.690 bits per heavy atom. The van der Waals surface area contributed by atoms with Gasteiger partial charge in [-0.05, 0) is 98.8 Å². The molecule has 0 radical (unpaired) electrons. The van der Waals surface area contributed by atoms with Crippen LogP contribution in [0.2, 0.25) is 10.1 Å². The van der Waals surface area contributed by atoms with Crippen LogP contribution in [-0.2, 0) is 13.6 Å². The number of hydrogen-bond acceptors (Lipinski definition) is 3. The molecule has 7 rings (SSSR count). The first-order valence-corrected chi connectivity index (χ1v) is 25.6. The molecule has 0 aliphatic heterocycles. The molecule has 4 aromatic rings. The first kappa shape index (κ1) is 42.3. The molecule has 3 fully saturated rings. The Labute approximate surface area is 351 Å². The van der Waals surface area contributed by atoms with Crippen LogP contribution in [0.25, 0.3) is 0 Å². The summed E-state index contributed by atoms with van der Waals surface area (Å²) in [5.41, 5.74) is 3.83. The third-order valence-corrected chi connectivity index (χ3v) is 24.3. The van der Waals surface area contributed by atoms with Crippen molar-refractivity contribution >= 4 is 43.2 Å². The highest BCUT2D eigenvalue weighted by Gasteiger charge is 2.55. The van der Waals surface area contributed by atoms with Crippen molar-refractivity contribution in [1.29, 1.82) is 0 Å². The maximum Gasteiger partial charge on any atom is 0.261 e. The molecule has 0 unspecified atom stereocenters. The molecule has 3 aliphatic carbocycles. The van der Waals surface area contributed by atoms with Gasteiger partial charge in [0.1, 0.15) is 5.78 Å². The number of fused-ring (bicyclic) bond motifs is 1. The largest absolute Gasteiger partial charge is 0.404 e. The number of rotatable bonds is 10. The molecular weight excluding hydrogens is 741 g/mol. The van der Waals surface area contributed by atoms with Crippen LogP contribution >= 0.6 is 0 Å². The summed E-state index contributed by atoms with van der Waals surface area (Å²) in [4.78, 5) is 12.8. The molecule has 0 N–H and O–H groups in total. The lowest BCUT2D eigenvalue weighted by atomic mass is 9.63. The lowest BCUT2D eigenvalue weighted by Crippen LogP contribution is -2.69. The van der Waals surface area contributed by atoms with E-state index in [2.05, 4.69) is 182 Å². The molecule has 0 bridgehead atoms. The summed E-state index contributed by atoms with van der Waals surface area (Å²) in [6, 6.07) is 44.1. The van der Waals surface area contributed by atoms with E-state index >= 15 is 0 Å². The summed E-state index contributed by atoms with van der Waals surface area (Å²) < 4.78 is 16.0. The summed E-state index contributed by atoms with van der Waals surface area (Å²) in [5.74, 6) is 0.959. The zero-order valence-corrected chi connectivity index (χ0v) is 38.4. The minimum Gasteiger partial charge on any atom is -0.404 e. The summed E-state index contributed by atoms with van der Waals surface area (Å²) in [6.07, 6.45) is 11.4. The zero-order valence-electron chi connectivity index (χ0n) is 36.4. The summed E-state index contributed by atoms with van der Waals surface area (Å²) in [7, 11) is -5.83. The van der Waals surface area contributed by atoms with Gasteiger partial charge in [-0.15, -0.1) is 0 Å². The standard InChI is InChI=1S/C53H66O3Si2/c1-39-42(33-32-41-23-22-36-53(9)48(40(2)54)34-35-49(41)53)37-43(55-57(51(3,4)5,44-24-14-10-15-25-44)45-26-16-11-17-27-45)38-50(39)56-58(52(6,7)8,46-28-18-12-19-29-46)47-30-20-13-21-31-47/h10-21,24-33,43,48-50H,1,22-23,34-38H2,2-9H3/b41-32+,42-33+/t43-,48-,49+,50+,53-/m1/s1. The molecule has 0 heterocycles. The van der Waals surface area contributed by atoms with Gasteiger partial charge in [0.2, 0.25) is 0 Å². The van der Waals surface area contributed by atoms with Crippen molar-refractivity contribution in [2.75, 3.05) is 0 Å². The van der Waals surface area contributed by atoms with E-state index in [0.29, 0.717) is 11.7 Å². The van der Waals surface area contributed by atoms with Crippen LogP contribution < -0.4 is 20.7 Å². The average molecular weight is 807 g/mol. The normalized spacial score (nSPS) is 25.8. The fourth-order valence-electron chi connectivity index (χ4n) is 11.4. The van der Waals surface area contributed by atoms with Crippen LogP contribution in [0.1, 0.15) is 100 Å². The van der Waals surface area contributed by atoms with Gasteiger partial charge in [0, 0.05) is 12.3 Å². The lowest BCUT2D eigenvalue weighted by molar-refractivity contribution is -0.124. The lowest BCUT2D eigenvalue weighted by Gasteiger charge is -2.49. The minimum atomic E-state index is -2.94. The van der Waals surface area contributed by atoms with Gasteiger partial charge in [0.05, 0.1) is 12.2 Å². The van der Waals surface area contributed by atoms with E-state index in [0.717, 1.165) is 50.5 Å². The molecule has 5 heteroatoms. The number of hydrogen-bond donors (Lipinski definition) is 0. The number of Topliss-reactive ketones (excluding diaryl/α,β-unsaturated/α-hetero) is 1. The first-order chi connectivity index (χ1) is 27.6. The zero-order chi connectivity index (χ0) is 41.3. The highest BCUT2D eigenvalue weighted by molar-refractivity contribution is 7.00. The second-order valence-electron chi connectivity index (χ2n) is 19.7. The van der Waals surface area contributed by atoms with Crippen LogP contribution in [0.4, 0.5) is 0 Å². The monoisotopic (exact) mass is 806 g/mol. The quantitative estimate of drug-likeness (QED) is 0.150. The van der Waals surface area contributed by atoms with E-state index in [1.807, 2.05) is 6.92 Å². The number of ketones is 1. The molecule has 58 heavy (non-hydrogen) atoms. The Morgan fingerprint density at radius 2 is 1.14 bits per heavy atom. The fourth-order valence-corrected chi connectivity index (χ4v) is 20.8. The molecule has 5 atom stereocenters. The van der Waals surface area contributed by atoms with Crippen molar-refractivity contribution in [2.24, 2.45) is 17.3 Å². The summed E-state index contributed by atoms with van der Waals surface area (Å²) >= 11 is 0. The molecule has 3 nitrogen and oxygen atoms in total. The molecule has 3 aliphatic rings. The van der Waals surface area contributed by atoms with Crippen LogP contribution in [-0.4, -0.2) is 34.6 Å². The Bertz CT molecular complexity index is 2030. The number of carbonyl (C=O) groups is 1. The van der Waals surface area contributed by atoms with Crippen molar-refractivity contribution in [1.82, 2.24) is 0 Å². The summed E-state index contributed by atoms with van der Waals surface area (Å²) in [5, 5.41) is 4.78. The molecule has 0 saturated heterocycles. The number of allylic oxidation sites excluding steroid dienone is 3. The van der Waals surface area contributed by atoms with Crippen molar-refractivity contribution in [3.8, 4) is 0 Å². The molecule has 304 valence electrons. The predicted octanol–water partition coefficient (Wildman–Crippen LogP) is 10.9. The van der Waals surface area contributed by atoms with Crippen molar-refractivity contribution < 1.29 is 13.6 Å². The molecule has 0 amide bonds. The third-order valence-electron chi connectivity index (χ3n) is 14.2. The molecule has 0 spiro atoms. The number of benzene rings is 4. The Kier molecular flexibility index (Phi) is 12.1. The van der Waals surface area contributed by atoms with E-state index in [1.54, 1.807) is 0 Å². The highest BCUT2D eigenvalue weighted by atomic mass is 28.4. The van der Waals surface area contributed by atoms with Crippen LogP contribution in [0.15, 0.2) is 157 Å². The Morgan fingerprint density at radius 3 is 1.57 bits per heavy atom. The second kappa shape index (κ2) is 16.6. The molecular formula is C53H66O3Si2. The number of carbonyl (C=O) groups excluding carboxylic acids is 1. The first-order valence-electron chi connectivity index (χ1n) is 21.8. The van der Waals surface area contributed by atoms with Gasteiger partial charge in [-0.3, -0.25) is 4.79 Å². The van der Waals surface area contributed by atoms with Gasteiger partial charge < -0.3 is 8.85 Å². The maximum atomic E-state index is 12.8. The predicted molar refractivity (Wildman–Crippen MR) is 248 cm³/mol. The molecule has 4 aromatic carbocycles. The van der Waals surface area contributed by atoms with Gasteiger partial charge in [0.15, 0.2) is 0 Å². The SMILES string of the molecule is C=C1/C(=C/C=C2\CCC[C@]3(C)[C@@H](C(C)=O)CC[C@@H]23)C[C@@H](O[Si](c2ccccc2)(c2ccccc2)C(C)(C)C)C[C@@H]1O[Si](c1ccccc1)(c1ccccc1)C(C)(C)C. The van der Waals surface area contributed by atoms with E-state index in [4.69, 9.17) is 15.4 Å². The van der Waals surface area contributed by atoms with Crippen LogP contribution in [0.5, 0.6) is 0 Å². The second-order valence-corrected chi connectivity index (χ2v) is 28.2. The highest BCUT2D eigenvalue weighted by Crippen LogP contribution is 2.57. The Balaban J connectivity index is 1.37. The van der Waals surface area contributed by atoms with Gasteiger partial charge in [0.25, 0.3) is 16.6 Å². The van der Waals surface area contributed by atoms with Crippen molar-refractivity contribution in [3.63, 3.8) is 0 Å². The van der Waals surface area contributed by atoms with Gasteiger partial charge >= 0.3 is 0 Å². The van der Waals surface area contributed by atoms with Gasteiger partial charge in [-0.2, -0.15) is 0 Å². The van der Waals surface area contributed by atoms with E-state index in [-0.39, 0.29) is 33.6 Å². The van der Waals surface area contributed by atoms with Gasteiger partial charge in [-0.25, -0.2) is 0 Å². The fraction of sp³-hybridized carbons (Fsp3) is 0.415. The topological polar surface area (TPSA) is 35.5 Å². The molecule has 0 aromatic heterocycles. The summed E-state index contributed by atoms with van der Waals surface area (Å²) in [6.45, 7) is 23.3. The smallest absolute Gasteiger partial charge is 0.261 e. The van der Waals surface area contributed by atoms with Crippen LogP contribution in [0.3, 0.4) is 0 Å². The third kappa shape index (κ3) is 7.69. The molecule has 3 saturated carbocycles. The van der Waals surface area contributed by atoms with Crippen molar-refractivity contribution in [2.45, 2.75) is 123 Å². The van der Waals surface area contributed by atoms with Crippen molar-refractivity contribution in [3.05, 3.63) is 157 Å².